The van der Waals surface area contributed by atoms with Gasteiger partial charge in [0.15, 0.2) is 0 Å². The first kappa shape index (κ1) is 19.8. The molecule has 1 aromatic heterocycles. The molecule has 3 heterocycles. The largest absolute Gasteiger partial charge is 0.338 e. The molecule has 5 heteroatoms. The van der Waals surface area contributed by atoms with Gasteiger partial charge in [-0.2, -0.15) is 0 Å². The lowest BCUT2D eigenvalue weighted by Crippen LogP contribution is -2.51. The highest BCUT2D eigenvalue weighted by atomic mass is 16.2. The third-order valence-corrected chi connectivity index (χ3v) is 6.92. The van der Waals surface area contributed by atoms with Gasteiger partial charge in [-0.15, -0.1) is 0 Å². The normalized spacial score (nSPS) is 25.8. The van der Waals surface area contributed by atoms with Crippen LogP contribution < -0.4 is 0 Å². The van der Waals surface area contributed by atoms with E-state index in [1.807, 2.05) is 17.0 Å². The quantitative estimate of drug-likeness (QED) is 0.782. The van der Waals surface area contributed by atoms with E-state index in [0.717, 1.165) is 31.8 Å². The highest BCUT2D eigenvalue weighted by Gasteiger charge is 2.35. The second kappa shape index (κ2) is 8.91. The summed E-state index contributed by atoms with van der Waals surface area (Å²) >= 11 is 0. The van der Waals surface area contributed by atoms with Gasteiger partial charge in [0, 0.05) is 50.7 Å². The summed E-state index contributed by atoms with van der Waals surface area (Å²) in [6.07, 6.45) is 9.76. The Bertz CT molecular complexity index is 637. The van der Waals surface area contributed by atoms with E-state index in [-0.39, 0.29) is 5.91 Å². The predicted molar refractivity (Wildman–Crippen MR) is 112 cm³/mol. The van der Waals surface area contributed by atoms with Crippen LogP contribution in [0.3, 0.4) is 0 Å². The van der Waals surface area contributed by atoms with Gasteiger partial charge < -0.3 is 4.90 Å². The van der Waals surface area contributed by atoms with Gasteiger partial charge in [0.25, 0.3) is 5.91 Å². The molecular formula is C23H36N4O. The van der Waals surface area contributed by atoms with Crippen LogP contribution in [-0.2, 0) is 0 Å². The first-order valence-corrected chi connectivity index (χ1v) is 11.3. The third kappa shape index (κ3) is 4.74. The average molecular weight is 385 g/mol. The summed E-state index contributed by atoms with van der Waals surface area (Å²) in [6, 6.07) is 5.02. The summed E-state index contributed by atoms with van der Waals surface area (Å²) in [7, 11) is 0. The molecule has 2 saturated heterocycles. The van der Waals surface area contributed by atoms with Gasteiger partial charge in [-0.1, -0.05) is 13.8 Å². The van der Waals surface area contributed by atoms with E-state index in [9.17, 15) is 4.79 Å². The molecule has 1 amide bonds. The standard InChI is InChI=1S/C23H36N4O/c1-18(2)22-17-26(11-4-12-27(22)16-19-6-7-19)21-8-13-25(14-9-21)23(28)20-5-3-10-24-15-20/h3,5,10,15,18-19,21-22H,4,6-9,11-14,16-17H2,1-2H3. The monoisotopic (exact) mass is 384 g/mol. The summed E-state index contributed by atoms with van der Waals surface area (Å²) in [5.41, 5.74) is 0.714. The lowest BCUT2D eigenvalue weighted by atomic mass is 9.98. The van der Waals surface area contributed by atoms with Crippen molar-refractivity contribution >= 4 is 5.91 Å². The summed E-state index contributed by atoms with van der Waals surface area (Å²) in [5, 5.41) is 0. The Hall–Kier alpha value is -1.46. The van der Waals surface area contributed by atoms with Gasteiger partial charge >= 0.3 is 0 Å². The second-order valence-electron chi connectivity index (χ2n) is 9.36. The topological polar surface area (TPSA) is 39.7 Å². The molecular weight excluding hydrogens is 348 g/mol. The van der Waals surface area contributed by atoms with Crippen molar-refractivity contribution in [3.63, 3.8) is 0 Å². The van der Waals surface area contributed by atoms with Crippen LogP contribution in [0.25, 0.3) is 0 Å². The van der Waals surface area contributed by atoms with Crippen LogP contribution >= 0.6 is 0 Å². The molecule has 3 aliphatic rings. The highest BCUT2D eigenvalue weighted by Crippen LogP contribution is 2.32. The fourth-order valence-corrected chi connectivity index (χ4v) is 5.02. The van der Waals surface area contributed by atoms with E-state index in [4.69, 9.17) is 0 Å². The maximum absolute atomic E-state index is 12.7. The van der Waals surface area contributed by atoms with Crippen molar-refractivity contribution in [2.75, 3.05) is 39.3 Å². The number of piperidine rings is 1. The molecule has 0 bridgehead atoms. The fourth-order valence-electron chi connectivity index (χ4n) is 5.02. The van der Waals surface area contributed by atoms with Crippen molar-refractivity contribution < 1.29 is 4.79 Å². The van der Waals surface area contributed by atoms with Gasteiger partial charge in [0.1, 0.15) is 0 Å². The zero-order valence-corrected chi connectivity index (χ0v) is 17.6. The number of hydrogen-bond donors (Lipinski definition) is 0. The average Bonchev–Trinajstić information content (AvgIpc) is 3.55. The van der Waals surface area contributed by atoms with Crippen LogP contribution in [0.5, 0.6) is 0 Å². The lowest BCUT2D eigenvalue weighted by Gasteiger charge is -2.41. The minimum atomic E-state index is 0.137. The highest BCUT2D eigenvalue weighted by molar-refractivity contribution is 5.93. The van der Waals surface area contributed by atoms with E-state index in [1.54, 1.807) is 12.4 Å². The molecule has 4 rings (SSSR count). The zero-order chi connectivity index (χ0) is 19.5. The number of hydrogen-bond acceptors (Lipinski definition) is 4. The predicted octanol–water partition coefficient (Wildman–Crippen LogP) is 3.13. The van der Waals surface area contributed by atoms with Crippen molar-refractivity contribution in [2.24, 2.45) is 11.8 Å². The second-order valence-corrected chi connectivity index (χ2v) is 9.36. The molecule has 1 saturated carbocycles. The number of rotatable bonds is 5. The van der Waals surface area contributed by atoms with E-state index in [2.05, 4.69) is 28.6 Å². The molecule has 5 nitrogen and oxygen atoms in total. The molecule has 2 aliphatic heterocycles. The van der Waals surface area contributed by atoms with Crippen LogP contribution in [0.4, 0.5) is 0 Å². The van der Waals surface area contributed by atoms with Crippen molar-refractivity contribution in [2.45, 2.75) is 58.0 Å². The molecule has 154 valence electrons. The van der Waals surface area contributed by atoms with Crippen molar-refractivity contribution in [3.05, 3.63) is 30.1 Å². The fraction of sp³-hybridized carbons (Fsp3) is 0.739. The molecule has 1 atom stereocenters. The molecule has 0 aromatic carbocycles. The van der Waals surface area contributed by atoms with Crippen LogP contribution in [-0.4, -0.2) is 76.9 Å². The van der Waals surface area contributed by atoms with Crippen LogP contribution in [0.15, 0.2) is 24.5 Å². The summed E-state index contributed by atoms with van der Waals surface area (Å²) < 4.78 is 0. The number of likely N-dealkylation sites (tertiary alicyclic amines) is 1. The summed E-state index contributed by atoms with van der Waals surface area (Å²) in [4.78, 5) is 24.4. The maximum Gasteiger partial charge on any atom is 0.255 e. The SMILES string of the molecule is CC(C)C1CN(C2CCN(C(=O)c3cccnc3)CC2)CCCN1CC1CC1. The van der Waals surface area contributed by atoms with Gasteiger partial charge in [-0.3, -0.25) is 19.6 Å². The Balaban J connectivity index is 1.34. The Kier molecular flexibility index (Phi) is 6.32. The zero-order valence-electron chi connectivity index (χ0n) is 17.6. The molecule has 1 aliphatic carbocycles. The number of carbonyl (C=O) groups is 1. The summed E-state index contributed by atoms with van der Waals surface area (Å²) in [5.74, 6) is 1.80. The number of amides is 1. The van der Waals surface area contributed by atoms with Gasteiger partial charge in [0.2, 0.25) is 0 Å². The van der Waals surface area contributed by atoms with Crippen LogP contribution in [0.2, 0.25) is 0 Å². The molecule has 1 aromatic rings. The van der Waals surface area contributed by atoms with Crippen molar-refractivity contribution in [1.82, 2.24) is 19.7 Å². The minimum Gasteiger partial charge on any atom is -0.338 e. The van der Waals surface area contributed by atoms with Gasteiger partial charge in [-0.05, 0) is 69.2 Å². The van der Waals surface area contributed by atoms with E-state index in [0.29, 0.717) is 23.6 Å². The number of carbonyl (C=O) groups excluding carboxylic acids is 1. The number of nitrogens with zero attached hydrogens (tertiary/aromatic N) is 4. The van der Waals surface area contributed by atoms with Crippen molar-refractivity contribution in [3.8, 4) is 0 Å². The Morgan fingerprint density at radius 3 is 2.57 bits per heavy atom. The Morgan fingerprint density at radius 1 is 1.14 bits per heavy atom. The molecule has 28 heavy (non-hydrogen) atoms. The maximum atomic E-state index is 12.7. The lowest BCUT2D eigenvalue weighted by molar-refractivity contribution is 0.0574. The summed E-state index contributed by atoms with van der Waals surface area (Å²) in [6.45, 7) is 11.5. The molecule has 1 unspecified atom stereocenters. The first-order chi connectivity index (χ1) is 13.6. The third-order valence-electron chi connectivity index (χ3n) is 6.92. The first-order valence-electron chi connectivity index (χ1n) is 11.3. The molecule has 0 spiro atoms. The Labute approximate surface area is 170 Å². The van der Waals surface area contributed by atoms with E-state index < -0.39 is 0 Å². The van der Waals surface area contributed by atoms with E-state index in [1.165, 1.54) is 45.4 Å². The molecule has 0 radical (unpaired) electrons. The smallest absolute Gasteiger partial charge is 0.255 e. The van der Waals surface area contributed by atoms with Crippen LogP contribution in [0.1, 0.15) is 56.3 Å². The van der Waals surface area contributed by atoms with E-state index >= 15 is 0 Å². The van der Waals surface area contributed by atoms with Crippen molar-refractivity contribution in [1.29, 1.82) is 0 Å². The van der Waals surface area contributed by atoms with Crippen LogP contribution in [0, 0.1) is 11.8 Å². The minimum absolute atomic E-state index is 0.137. The number of pyridine rings is 1. The van der Waals surface area contributed by atoms with Gasteiger partial charge in [0.05, 0.1) is 5.56 Å². The Morgan fingerprint density at radius 2 is 1.93 bits per heavy atom. The molecule has 3 fully saturated rings. The number of aromatic nitrogens is 1. The molecule has 0 N–H and O–H groups in total. The van der Waals surface area contributed by atoms with Gasteiger partial charge in [-0.25, -0.2) is 0 Å².